The molecule has 0 amide bonds. The highest BCUT2D eigenvalue weighted by Gasteiger charge is 2.38. The highest BCUT2D eigenvalue weighted by atomic mass is 16.5. The highest BCUT2D eigenvalue weighted by molar-refractivity contribution is 6.21. The number of nitrogens with one attached hydrogen (secondary N) is 1. The van der Waals surface area contributed by atoms with E-state index in [2.05, 4.69) is 56.4 Å². The van der Waals surface area contributed by atoms with E-state index in [0.29, 0.717) is 29.1 Å². The molecule has 2 N–H and O–H groups in total. The minimum atomic E-state index is -0.989. The predicted molar refractivity (Wildman–Crippen MR) is 145 cm³/mol. The van der Waals surface area contributed by atoms with E-state index in [0.717, 1.165) is 12.2 Å². The average Bonchev–Trinajstić information content (AvgIpc) is 2.86. The highest BCUT2D eigenvalue weighted by Crippen LogP contribution is 2.41. The van der Waals surface area contributed by atoms with Crippen molar-refractivity contribution in [3.05, 3.63) is 94.9 Å². The first-order chi connectivity index (χ1) is 17.2. The molecule has 0 radical (unpaired) electrons. The summed E-state index contributed by atoms with van der Waals surface area (Å²) in [6.45, 7) is 7.30. The fourth-order valence-electron chi connectivity index (χ4n) is 4.85. The maximum absolute atomic E-state index is 13.2. The van der Waals surface area contributed by atoms with Gasteiger partial charge in [-0.15, -0.1) is 0 Å². The molecule has 1 aliphatic carbocycles. The molecule has 6 nitrogen and oxygen atoms in total. The van der Waals surface area contributed by atoms with E-state index in [9.17, 15) is 9.59 Å². The lowest BCUT2D eigenvalue weighted by Gasteiger charge is -2.33. The Labute approximate surface area is 211 Å². The summed E-state index contributed by atoms with van der Waals surface area (Å²) in [6.07, 6.45) is 2.63. The Bertz CT molecular complexity index is 1380. The maximum atomic E-state index is 13.2. The summed E-state index contributed by atoms with van der Waals surface area (Å²) < 4.78 is 5.63. The van der Waals surface area contributed by atoms with Crippen molar-refractivity contribution >= 4 is 33.9 Å². The first kappa shape index (κ1) is 25.0. The van der Waals surface area contributed by atoms with Crippen LogP contribution in [0, 0.1) is 0 Å². The van der Waals surface area contributed by atoms with E-state index in [4.69, 9.17) is 9.84 Å². The van der Waals surface area contributed by atoms with Gasteiger partial charge in [0.2, 0.25) is 5.78 Å². The monoisotopic (exact) mass is 484 g/mol. The number of allylic oxidation sites excluding steroid dienone is 3. The Hall–Kier alpha value is -4.06. The van der Waals surface area contributed by atoms with Gasteiger partial charge in [0.15, 0.2) is 5.76 Å². The number of methoxy groups -OCH3 is 1. The van der Waals surface area contributed by atoms with Gasteiger partial charge >= 0.3 is 5.97 Å². The Morgan fingerprint density at radius 1 is 1.08 bits per heavy atom. The smallest absolute Gasteiger partial charge is 0.335 e. The third kappa shape index (κ3) is 4.47. The molecule has 0 saturated carbocycles. The van der Waals surface area contributed by atoms with Crippen LogP contribution >= 0.6 is 0 Å². The SMILES string of the molecule is CCNc1ccc2ccccc2c1C(C)(C)C/C=C1\C(=O)C(N(C)c2ccc(C(=O)O)cc2)=C1OC. The van der Waals surface area contributed by atoms with E-state index in [1.807, 2.05) is 12.1 Å². The number of Topliss-reactive ketones (excluding diaryl/α,β-unsaturated/α-hetero) is 1. The first-order valence-corrected chi connectivity index (χ1v) is 12.1. The topological polar surface area (TPSA) is 78.9 Å². The molecule has 186 valence electrons. The number of carboxylic acid groups (broad SMARTS) is 1. The molecule has 0 saturated heterocycles. The molecule has 3 aromatic rings. The van der Waals surface area contributed by atoms with E-state index in [1.54, 1.807) is 31.2 Å². The number of anilines is 2. The number of nitrogens with zero attached hydrogens (tertiary/aromatic N) is 1. The van der Waals surface area contributed by atoms with Gasteiger partial charge in [-0.2, -0.15) is 0 Å². The molecule has 0 fully saturated rings. The lowest BCUT2D eigenvalue weighted by atomic mass is 9.76. The maximum Gasteiger partial charge on any atom is 0.335 e. The third-order valence-corrected chi connectivity index (χ3v) is 6.75. The quantitative estimate of drug-likeness (QED) is 0.355. The molecule has 1 aliphatic rings. The van der Waals surface area contributed by atoms with Crippen molar-refractivity contribution in [2.75, 3.05) is 30.9 Å². The van der Waals surface area contributed by atoms with E-state index in [-0.39, 0.29) is 16.8 Å². The van der Waals surface area contributed by atoms with Crippen molar-refractivity contribution in [1.82, 2.24) is 0 Å². The second-order valence-electron chi connectivity index (χ2n) is 9.57. The number of carbonyl (C=O) groups is 2. The second-order valence-corrected chi connectivity index (χ2v) is 9.57. The van der Waals surface area contributed by atoms with E-state index >= 15 is 0 Å². The van der Waals surface area contributed by atoms with Gasteiger partial charge in [-0.05, 0) is 65.4 Å². The lowest BCUT2D eigenvalue weighted by molar-refractivity contribution is -0.114. The van der Waals surface area contributed by atoms with Gasteiger partial charge in [0.05, 0.1) is 18.2 Å². The Balaban J connectivity index is 1.66. The van der Waals surface area contributed by atoms with E-state index < -0.39 is 5.97 Å². The minimum absolute atomic E-state index is 0.0858. The fraction of sp³-hybridized carbons (Fsp3) is 0.267. The Morgan fingerprint density at radius 2 is 1.78 bits per heavy atom. The average molecular weight is 485 g/mol. The molecule has 0 bridgehead atoms. The van der Waals surface area contributed by atoms with E-state index in [1.165, 1.54) is 28.5 Å². The van der Waals surface area contributed by atoms with Crippen molar-refractivity contribution in [2.45, 2.75) is 32.6 Å². The largest absolute Gasteiger partial charge is 0.494 e. The summed E-state index contributed by atoms with van der Waals surface area (Å²) >= 11 is 0. The van der Waals surface area contributed by atoms with Crippen molar-refractivity contribution in [3.8, 4) is 0 Å². The summed E-state index contributed by atoms with van der Waals surface area (Å²) in [5, 5.41) is 15.0. The number of aromatic carboxylic acids is 1. The zero-order chi connectivity index (χ0) is 26.0. The second kappa shape index (κ2) is 9.90. The number of likely N-dealkylation sites (N-methyl/N-ethyl adjacent to an activating group) is 1. The number of hydrogen-bond acceptors (Lipinski definition) is 5. The number of carboxylic acids is 1. The molecule has 3 aromatic carbocycles. The zero-order valence-electron chi connectivity index (χ0n) is 21.4. The van der Waals surface area contributed by atoms with Gasteiger partial charge in [0.1, 0.15) is 5.70 Å². The standard InChI is InChI=1S/C30H32N2O4/c1-6-31-24-16-13-19-9-7-8-10-22(19)25(24)30(2,3)18-17-23-27(33)26(28(23)36-5)32(4)21-14-11-20(12-15-21)29(34)35/h7-17,31H,6,18H2,1-5H3,(H,34,35)/b23-17+. The van der Waals surface area contributed by atoms with Crippen LogP contribution in [0.4, 0.5) is 11.4 Å². The molecule has 0 atom stereocenters. The van der Waals surface area contributed by atoms with Crippen LogP contribution in [0.5, 0.6) is 0 Å². The summed E-state index contributed by atoms with van der Waals surface area (Å²) in [6, 6.07) is 19.1. The lowest BCUT2D eigenvalue weighted by Crippen LogP contribution is -2.35. The van der Waals surface area contributed by atoms with Crippen LogP contribution in [-0.4, -0.2) is 37.6 Å². The summed E-state index contributed by atoms with van der Waals surface area (Å²) in [5.41, 5.74) is 4.02. The van der Waals surface area contributed by atoms with Gasteiger partial charge < -0.3 is 20.1 Å². The molecule has 0 unspecified atom stereocenters. The van der Waals surface area contributed by atoms with Crippen LogP contribution in [0.1, 0.15) is 43.1 Å². The predicted octanol–water partition coefficient (Wildman–Crippen LogP) is 6.14. The van der Waals surface area contributed by atoms with Crippen LogP contribution in [0.15, 0.2) is 83.8 Å². The first-order valence-electron chi connectivity index (χ1n) is 12.1. The number of ketones is 1. The molecule has 0 aliphatic heterocycles. The number of fused-ring (bicyclic) bond motifs is 1. The van der Waals surface area contributed by atoms with Gasteiger partial charge in [0, 0.05) is 25.0 Å². The van der Waals surface area contributed by atoms with Gasteiger partial charge in [0.25, 0.3) is 0 Å². The fourth-order valence-corrected chi connectivity index (χ4v) is 4.85. The van der Waals surface area contributed by atoms with Gasteiger partial charge in [-0.3, -0.25) is 4.79 Å². The van der Waals surface area contributed by atoms with Crippen molar-refractivity contribution in [1.29, 1.82) is 0 Å². The van der Waals surface area contributed by atoms with Crippen molar-refractivity contribution in [3.63, 3.8) is 0 Å². The third-order valence-electron chi connectivity index (χ3n) is 6.75. The van der Waals surface area contributed by atoms with Gasteiger partial charge in [-0.1, -0.05) is 50.3 Å². The summed E-state index contributed by atoms with van der Waals surface area (Å²) in [4.78, 5) is 26.1. The van der Waals surface area contributed by atoms with Crippen LogP contribution < -0.4 is 10.2 Å². The van der Waals surface area contributed by atoms with Crippen LogP contribution in [0.25, 0.3) is 10.8 Å². The van der Waals surface area contributed by atoms with Crippen LogP contribution in [0.2, 0.25) is 0 Å². The minimum Gasteiger partial charge on any atom is -0.494 e. The molecule has 0 aromatic heterocycles. The number of carbonyl (C=O) groups excluding carboxylic acids is 1. The molecular weight excluding hydrogens is 452 g/mol. The van der Waals surface area contributed by atoms with Crippen molar-refractivity contribution < 1.29 is 19.4 Å². The van der Waals surface area contributed by atoms with Gasteiger partial charge in [-0.25, -0.2) is 4.79 Å². The number of ether oxygens (including phenoxy) is 1. The Morgan fingerprint density at radius 3 is 2.42 bits per heavy atom. The normalized spacial score (nSPS) is 14.7. The molecule has 4 rings (SSSR count). The summed E-state index contributed by atoms with van der Waals surface area (Å²) in [7, 11) is 3.34. The van der Waals surface area contributed by atoms with Crippen molar-refractivity contribution in [2.24, 2.45) is 0 Å². The molecule has 0 heterocycles. The van der Waals surface area contributed by atoms with Crippen LogP contribution in [-0.2, 0) is 14.9 Å². The molecule has 6 heteroatoms. The molecule has 0 spiro atoms. The zero-order valence-corrected chi connectivity index (χ0v) is 21.4. The summed E-state index contributed by atoms with van der Waals surface area (Å²) in [5.74, 6) is -0.528. The van der Waals surface area contributed by atoms with Crippen LogP contribution in [0.3, 0.4) is 0 Å². The Kier molecular flexibility index (Phi) is 6.88. The number of benzene rings is 3. The molecule has 36 heavy (non-hydrogen) atoms. The molecular formula is C30H32N2O4. The number of rotatable bonds is 9. The number of hydrogen-bond donors (Lipinski definition) is 2.